The van der Waals surface area contributed by atoms with Crippen molar-refractivity contribution in [1.29, 1.82) is 0 Å². The lowest BCUT2D eigenvalue weighted by Gasteiger charge is -2.11. The summed E-state index contributed by atoms with van der Waals surface area (Å²) in [5.41, 5.74) is 1.39. The fourth-order valence-electron chi connectivity index (χ4n) is 2.12. The van der Waals surface area contributed by atoms with Crippen LogP contribution in [0.4, 0.5) is 17.1 Å². The maximum atomic E-state index is 11.9. The van der Waals surface area contributed by atoms with Crippen molar-refractivity contribution in [2.75, 3.05) is 23.7 Å². The van der Waals surface area contributed by atoms with Crippen molar-refractivity contribution in [1.82, 2.24) is 5.32 Å². The van der Waals surface area contributed by atoms with Gasteiger partial charge in [-0.15, -0.1) is 0 Å². The molecule has 0 spiro atoms. The molecular formula is C17H16Cl2N4O4. The van der Waals surface area contributed by atoms with E-state index >= 15 is 0 Å². The van der Waals surface area contributed by atoms with Crippen LogP contribution < -0.4 is 16.0 Å². The Labute approximate surface area is 165 Å². The van der Waals surface area contributed by atoms with E-state index in [1.807, 2.05) is 0 Å². The highest BCUT2D eigenvalue weighted by Crippen LogP contribution is 2.27. The van der Waals surface area contributed by atoms with Crippen LogP contribution in [-0.2, 0) is 9.59 Å². The average Bonchev–Trinajstić information content (AvgIpc) is 2.63. The first-order valence-corrected chi connectivity index (χ1v) is 8.53. The van der Waals surface area contributed by atoms with Gasteiger partial charge in [-0.1, -0.05) is 29.3 Å². The van der Waals surface area contributed by atoms with Gasteiger partial charge in [0.1, 0.15) is 5.02 Å². The van der Waals surface area contributed by atoms with Gasteiger partial charge in [0.25, 0.3) is 5.69 Å². The fraction of sp³-hybridized carbons (Fsp3) is 0.176. The third-order valence-electron chi connectivity index (χ3n) is 3.58. The van der Waals surface area contributed by atoms with E-state index in [1.54, 1.807) is 25.1 Å². The Balaban J connectivity index is 1.82. The summed E-state index contributed by atoms with van der Waals surface area (Å²) in [6.45, 7) is 1.38. The lowest BCUT2D eigenvalue weighted by atomic mass is 10.2. The first-order valence-electron chi connectivity index (χ1n) is 7.77. The maximum Gasteiger partial charge on any atom is 0.289 e. The monoisotopic (exact) mass is 410 g/mol. The van der Waals surface area contributed by atoms with Crippen molar-refractivity contribution in [3.63, 3.8) is 0 Å². The number of halogens is 2. The van der Waals surface area contributed by atoms with Gasteiger partial charge in [-0.2, -0.15) is 0 Å². The Bertz CT molecular complexity index is 889. The van der Waals surface area contributed by atoms with E-state index in [-0.39, 0.29) is 23.8 Å². The van der Waals surface area contributed by atoms with Gasteiger partial charge in [-0.05, 0) is 36.8 Å². The van der Waals surface area contributed by atoms with E-state index in [9.17, 15) is 19.7 Å². The Hall–Kier alpha value is -2.84. The van der Waals surface area contributed by atoms with Crippen LogP contribution in [0, 0.1) is 17.0 Å². The van der Waals surface area contributed by atoms with Gasteiger partial charge >= 0.3 is 0 Å². The number of carbonyl (C=O) groups is 2. The second-order valence-corrected chi connectivity index (χ2v) is 6.33. The summed E-state index contributed by atoms with van der Waals surface area (Å²) in [6, 6.07) is 9.22. The Kier molecular flexibility index (Phi) is 6.98. The molecule has 0 atom stereocenters. The minimum Gasteiger partial charge on any atom is -0.376 e. The van der Waals surface area contributed by atoms with Gasteiger partial charge in [0.2, 0.25) is 11.8 Å². The number of rotatable bonds is 7. The molecule has 27 heavy (non-hydrogen) atoms. The van der Waals surface area contributed by atoms with Crippen LogP contribution in [0.25, 0.3) is 0 Å². The lowest BCUT2D eigenvalue weighted by molar-refractivity contribution is -0.384. The summed E-state index contributed by atoms with van der Waals surface area (Å²) < 4.78 is 0. The lowest BCUT2D eigenvalue weighted by Crippen LogP contribution is -2.36. The van der Waals surface area contributed by atoms with Crippen molar-refractivity contribution in [2.45, 2.75) is 6.92 Å². The molecule has 2 aromatic rings. The zero-order valence-corrected chi connectivity index (χ0v) is 15.7. The summed E-state index contributed by atoms with van der Waals surface area (Å²) in [5, 5.41) is 19.2. The van der Waals surface area contributed by atoms with Crippen molar-refractivity contribution in [3.8, 4) is 0 Å². The highest BCUT2D eigenvalue weighted by atomic mass is 35.5. The second kappa shape index (κ2) is 9.20. The molecule has 8 nitrogen and oxygen atoms in total. The molecule has 0 saturated heterocycles. The molecule has 0 aromatic heterocycles. The summed E-state index contributed by atoms with van der Waals surface area (Å²) in [6.07, 6.45) is 0. The number of anilines is 2. The first-order chi connectivity index (χ1) is 12.8. The summed E-state index contributed by atoms with van der Waals surface area (Å²) in [7, 11) is 0. The smallest absolute Gasteiger partial charge is 0.289 e. The SMILES string of the molecule is Cc1c(Cl)cccc1NC(=O)CNC(=O)CNc1ccc(Cl)c([N+](=O)[O-])c1. The average molecular weight is 411 g/mol. The van der Waals surface area contributed by atoms with E-state index in [0.717, 1.165) is 5.56 Å². The van der Waals surface area contributed by atoms with Gasteiger partial charge in [0.15, 0.2) is 0 Å². The van der Waals surface area contributed by atoms with Crippen molar-refractivity contribution in [3.05, 3.63) is 62.1 Å². The topological polar surface area (TPSA) is 113 Å². The van der Waals surface area contributed by atoms with Crippen molar-refractivity contribution >= 4 is 52.1 Å². The number of hydrogen-bond donors (Lipinski definition) is 3. The zero-order chi connectivity index (χ0) is 20.0. The van der Waals surface area contributed by atoms with Crippen molar-refractivity contribution < 1.29 is 14.5 Å². The summed E-state index contributed by atoms with van der Waals surface area (Å²) >= 11 is 11.7. The highest BCUT2D eigenvalue weighted by molar-refractivity contribution is 6.32. The third kappa shape index (κ3) is 5.83. The quantitative estimate of drug-likeness (QED) is 0.478. The predicted molar refractivity (Wildman–Crippen MR) is 104 cm³/mol. The van der Waals surface area contributed by atoms with Crippen LogP contribution in [0.5, 0.6) is 0 Å². The standard InChI is InChI=1S/C17H16Cl2N4O4/c1-10-12(18)3-2-4-14(10)22-17(25)9-21-16(24)8-20-11-5-6-13(19)15(7-11)23(26)27/h2-7,20H,8-9H2,1H3,(H,21,24)(H,22,25). The number of benzene rings is 2. The molecule has 3 N–H and O–H groups in total. The second-order valence-electron chi connectivity index (χ2n) is 5.51. The molecule has 0 unspecified atom stereocenters. The van der Waals surface area contributed by atoms with Crippen LogP contribution in [0.15, 0.2) is 36.4 Å². The van der Waals surface area contributed by atoms with Crippen LogP contribution in [0.2, 0.25) is 10.0 Å². The Morgan fingerprint density at radius 1 is 1.07 bits per heavy atom. The molecule has 142 valence electrons. The molecule has 2 rings (SSSR count). The number of nitro groups is 1. The molecular weight excluding hydrogens is 395 g/mol. The van der Waals surface area contributed by atoms with E-state index in [1.165, 1.54) is 18.2 Å². The Morgan fingerprint density at radius 2 is 1.81 bits per heavy atom. The molecule has 0 aliphatic heterocycles. The Morgan fingerprint density at radius 3 is 2.52 bits per heavy atom. The number of nitro benzene ring substituents is 1. The van der Waals surface area contributed by atoms with E-state index in [0.29, 0.717) is 16.4 Å². The van der Waals surface area contributed by atoms with E-state index in [4.69, 9.17) is 23.2 Å². The van der Waals surface area contributed by atoms with Crippen LogP contribution >= 0.6 is 23.2 Å². The van der Waals surface area contributed by atoms with Gasteiger partial charge < -0.3 is 16.0 Å². The molecule has 10 heteroatoms. The third-order valence-corrected chi connectivity index (χ3v) is 4.31. The molecule has 0 radical (unpaired) electrons. The number of nitrogens with zero attached hydrogens (tertiary/aromatic N) is 1. The number of hydrogen-bond acceptors (Lipinski definition) is 5. The number of carbonyl (C=O) groups excluding carboxylic acids is 2. The van der Waals surface area contributed by atoms with E-state index < -0.39 is 16.7 Å². The number of amides is 2. The molecule has 0 heterocycles. The zero-order valence-electron chi connectivity index (χ0n) is 14.2. The summed E-state index contributed by atoms with van der Waals surface area (Å²) in [5.74, 6) is -0.860. The van der Waals surface area contributed by atoms with Gasteiger partial charge in [0.05, 0.1) is 18.0 Å². The normalized spacial score (nSPS) is 10.2. The maximum absolute atomic E-state index is 11.9. The highest BCUT2D eigenvalue weighted by Gasteiger charge is 2.13. The molecule has 0 aliphatic carbocycles. The van der Waals surface area contributed by atoms with Crippen molar-refractivity contribution in [2.24, 2.45) is 0 Å². The number of nitrogens with one attached hydrogen (secondary N) is 3. The van der Waals surface area contributed by atoms with Crippen LogP contribution in [-0.4, -0.2) is 29.8 Å². The van der Waals surface area contributed by atoms with Crippen LogP contribution in [0.3, 0.4) is 0 Å². The minimum absolute atomic E-state index is 0.00276. The summed E-state index contributed by atoms with van der Waals surface area (Å²) in [4.78, 5) is 34.0. The molecule has 2 aromatic carbocycles. The molecule has 2 amide bonds. The van der Waals surface area contributed by atoms with Gasteiger partial charge in [0, 0.05) is 22.5 Å². The minimum atomic E-state index is -0.615. The molecule has 0 aliphatic rings. The molecule has 0 fully saturated rings. The predicted octanol–water partition coefficient (Wildman–Crippen LogP) is 3.38. The van der Waals surface area contributed by atoms with Gasteiger partial charge in [-0.25, -0.2) is 0 Å². The molecule has 0 saturated carbocycles. The fourth-order valence-corrected chi connectivity index (χ4v) is 2.48. The van der Waals surface area contributed by atoms with Crippen LogP contribution in [0.1, 0.15) is 5.56 Å². The van der Waals surface area contributed by atoms with E-state index in [2.05, 4.69) is 16.0 Å². The molecule has 0 bridgehead atoms. The van der Waals surface area contributed by atoms with Gasteiger partial charge in [-0.3, -0.25) is 19.7 Å². The largest absolute Gasteiger partial charge is 0.376 e. The first kappa shape index (κ1) is 20.5.